The summed E-state index contributed by atoms with van der Waals surface area (Å²) in [4.78, 5) is 23.6. The number of carboxylic acid groups (broad SMARTS) is 1. The normalized spacial score (nSPS) is 26.2. The first-order valence-corrected chi connectivity index (χ1v) is 8.89. The number of hydrogen-bond acceptors (Lipinski definition) is 5. The van der Waals surface area contributed by atoms with Crippen molar-refractivity contribution in [2.24, 2.45) is 11.3 Å². The second-order valence-corrected chi connectivity index (χ2v) is 7.87. The zero-order chi connectivity index (χ0) is 18.0. The molecule has 2 aliphatic carbocycles. The smallest absolute Gasteiger partial charge is 0.311 e. The molecule has 0 aromatic heterocycles. The molecule has 2 saturated carbocycles. The van der Waals surface area contributed by atoms with Gasteiger partial charge in [-0.15, -0.1) is 0 Å². The molecule has 138 valence electrons. The minimum absolute atomic E-state index is 0.0758. The minimum atomic E-state index is -1.12. The lowest BCUT2D eigenvalue weighted by Crippen LogP contribution is -2.39. The van der Waals surface area contributed by atoms with Crippen LogP contribution >= 0.6 is 0 Å². The first kappa shape index (κ1) is 19.2. The van der Waals surface area contributed by atoms with Gasteiger partial charge in [-0.25, -0.2) is 0 Å². The lowest BCUT2D eigenvalue weighted by Gasteiger charge is -2.32. The topological polar surface area (TPSA) is 82.1 Å². The van der Waals surface area contributed by atoms with Gasteiger partial charge in [-0.1, -0.05) is 6.42 Å². The summed E-state index contributed by atoms with van der Waals surface area (Å²) >= 11 is 0. The van der Waals surface area contributed by atoms with E-state index >= 15 is 0 Å². The monoisotopic (exact) mass is 342 g/mol. The van der Waals surface area contributed by atoms with Crippen LogP contribution < -0.4 is 0 Å². The summed E-state index contributed by atoms with van der Waals surface area (Å²) in [5, 5.41) is 9.19. The Kier molecular flexibility index (Phi) is 5.91. The maximum absolute atomic E-state index is 12.4. The summed E-state index contributed by atoms with van der Waals surface area (Å²) in [6.45, 7) is 7.39. The lowest BCUT2D eigenvalue weighted by molar-refractivity contribution is -0.226. The van der Waals surface area contributed by atoms with Crippen molar-refractivity contribution in [2.75, 3.05) is 6.61 Å². The molecule has 0 aliphatic heterocycles. The molecule has 0 amide bonds. The number of hydrogen-bond donors (Lipinski definition) is 1. The highest BCUT2D eigenvalue weighted by atomic mass is 16.7. The molecule has 0 bridgehead atoms. The molecule has 2 rings (SSSR count). The highest BCUT2D eigenvalue weighted by Crippen LogP contribution is 2.46. The first-order chi connectivity index (χ1) is 11.1. The molecule has 0 spiro atoms. The molecular weight excluding hydrogens is 312 g/mol. The molecule has 0 radical (unpaired) electrons. The van der Waals surface area contributed by atoms with Gasteiger partial charge in [0.2, 0.25) is 5.79 Å². The van der Waals surface area contributed by atoms with Gasteiger partial charge >= 0.3 is 11.9 Å². The van der Waals surface area contributed by atoms with Gasteiger partial charge in [0.05, 0.1) is 30.1 Å². The zero-order valence-electron chi connectivity index (χ0n) is 15.2. The van der Waals surface area contributed by atoms with Crippen LogP contribution in [0.1, 0.15) is 66.2 Å². The Balaban J connectivity index is 1.82. The van der Waals surface area contributed by atoms with Gasteiger partial charge in [0.25, 0.3) is 0 Å². The van der Waals surface area contributed by atoms with E-state index in [4.69, 9.17) is 14.2 Å². The third kappa shape index (κ3) is 5.18. The summed E-state index contributed by atoms with van der Waals surface area (Å²) in [7, 11) is 0. The number of rotatable bonds is 8. The Morgan fingerprint density at radius 1 is 1.25 bits per heavy atom. The number of carbonyl (C=O) groups excluding carboxylic acids is 1. The van der Waals surface area contributed by atoms with Crippen LogP contribution in [0.15, 0.2) is 0 Å². The molecule has 2 aliphatic rings. The molecule has 0 heterocycles. The average Bonchev–Trinajstić information content (AvgIpc) is 3.26. The Morgan fingerprint density at radius 2 is 1.92 bits per heavy atom. The van der Waals surface area contributed by atoms with Crippen LogP contribution in [0, 0.1) is 11.3 Å². The SMILES string of the molecule is CC(C)O[C@H]1CCC[C@H](C(=O)OC(C)(C)OCC2(C(=O)O)CC2)C1. The van der Waals surface area contributed by atoms with E-state index in [1.165, 1.54) is 0 Å². The molecule has 0 aromatic carbocycles. The molecule has 1 N–H and O–H groups in total. The fourth-order valence-corrected chi connectivity index (χ4v) is 3.11. The second-order valence-electron chi connectivity index (χ2n) is 7.87. The molecule has 24 heavy (non-hydrogen) atoms. The number of ether oxygens (including phenoxy) is 3. The third-order valence-corrected chi connectivity index (χ3v) is 4.77. The van der Waals surface area contributed by atoms with Crippen molar-refractivity contribution in [3.8, 4) is 0 Å². The fourth-order valence-electron chi connectivity index (χ4n) is 3.11. The van der Waals surface area contributed by atoms with Gasteiger partial charge in [0.15, 0.2) is 0 Å². The Hall–Kier alpha value is -1.14. The van der Waals surface area contributed by atoms with E-state index in [1.54, 1.807) is 13.8 Å². The lowest BCUT2D eigenvalue weighted by atomic mass is 9.87. The Labute approximate surface area is 143 Å². The van der Waals surface area contributed by atoms with E-state index < -0.39 is 17.2 Å². The average molecular weight is 342 g/mol. The van der Waals surface area contributed by atoms with E-state index in [1.807, 2.05) is 13.8 Å². The van der Waals surface area contributed by atoms with Gasteiger partial charge in [0, 0.05) is 13.8 Å². The Bertz CT molecular complexity index is 466. The van der Waals surface area contributed by atoms with Crippen LogP contribution in [0.5, 0.6) is 0 Å². The molecule has 2 atom stereocenters. The second kappa shape index (κ2) is 7.40. The van der Waals surface area contributed by atoms with Gasteiger partial charge in [-0.05, 0) is 46.0 Å². The predicted molar refractivity (Wildman–Crippen MR) is 87.4 cm³/mol. The quantitative estimate of drug-likeness (QED) is 0.539. The van der Waals surface area contributed by atoms with Gasteiger partial charge in [-0.2, -0.15) is 0 Å². The molecule has 0 unspecified atom stereocenters. The molecule has 2 fully saturated rings. The van der Waals surface area contributed by atoms with E-state index in [-0.39, 0.29) is 30.7 Å². The highest BCUT2D eigenvalue weighted by Gasteiger charge is 2.51. The van der Waals surface area contributed by atoms with Crippen LogP contribution in [-0.4, -0.2) is 41.6 Å². The van der Waals surface area contributed by atoms with Crippen LogP contribution in [0.3, 0.4) is 0 Å². The number of aliphatic carboxylic acids is 1. The number of esters is 1. The van der Waals surface area contributed by atoms with Crippen LogP contribution in [-0.2, 0) is 23.8 Å². The summed E-state index contributed by atoms with van der Waals surface area (Å²) in [5.41, 5.74) is -0.787. The summed E-state index contributed by atoms with van der Waals surface area (Å²) in [6.07, 6.45) is 4.87. The van der Waals surface area contributed by atoms with Crippen LogP contribution in [0.4, 0.5) is 0 Å². The van der Waals surface area contributed by atoms with Crippen LogP contribution in [0.2, 0.25) is 0 Å². The van der Waals surface area contributed by atoms with Crippen molar-refractivity contribution in [1.29, 1.82) is 0 Å². The standard InChI is InChI=1S/C18H30O6/c1-12(2)23-14-7-5-6-13(10-14)15(19)24-17(3,4)22-11-18(8-9-18)16(20)21/h12-14H,5-11H2,1-4H3,(H,20,21)/t13-,14-/m0/s1. The van der Waals surface area contributed by atoms with E-state index in [2.05, 4.69) is 0 Å². The van der Waals surface area contributed by atoms with Crippen molar-refractivity contribution in [2.45, 2.75) is 84.2 Å². The Morgan fingerprint density at radius 3 is 2.46 bits per heavy atom. The molecule has 6 nitrogen and oxygen atoms in total. The van der Waals surface area contributed by atoms with E-state index in [9.17, 15) is 14.7 Å². The number of carbonyl (C=O) groups is 2. The summed E-state index contributed by atoms with van der Waals surface area (Å²) < 4.78 is 17.0. The molecular formula is C18H30O6. The molecule has 6 heteroatoms. The largest absolute Gasteiger partial charge is 0.481 e. The van der Waals surface area contributed by atoms with Crippen molar-refractivity contribution in [1.82, 2.24) is 0 Å². The van der Waals surface area contributed by atoms with Gasteiger partial charge < -0.3 is 19.3 Å². The zero-order valence-corrected chi connectivity index (χ0v) is 15.2. The summed E-state index contributed by atoms with van der Waals surface area (Å²) in [5.74, 6) is -2.42. The van der Waals surface area contributed by atoms with Crippen LogP contribution in [0.25, 0.3) is 0 Å². The first-order valence-electron chi connectivity index (χ1n) is 8.89. The van der Waals surface area contributed by atoms with Crippen molar-refractivity contribution in [3.63, 3.8) is 0 Å². The minimum Gasteiger partial charge on any atom is -0.481 e. The van der Waals surface area contributed by atoms with E-state index in [0.29, 0.717) is 19.3 Å². The number of carboxylic acids is 1. The maximum Gasteiger partial charge on any atom is 0.311 e. The highest BCUT2D eigenvalue weighted by molar-refractivity contribution is 5.78. The molecule has 0 saturated heterocycles. The summed E-state index contributed by atoms with van der Waals surface area (Å²) in [6, 6.07) is 0. The maximum atomic E-state index is 12.4. The third-order valence-electron chi connectivity index (χ3n) is 4.77. The van der Waals surface area contributed by atoms with Crippen molar-refractivity contribution in [3.05, 3.63) is 0 Å². The molecule has 0 aromatic rings. The fraction of sp³-hybridized carbons (Fsp3) is 0.889. The predicted octanol–water partition coefficient (Wildman–Crippen LogP) is 3.13. The van der Waals surface area contributed by atoms with Gasteiger partial charge in [0.1, 0.15) is 0 Å². The van der Waals surface area contributed by atoms with Crippen molar-refractivity contribution >= 4 is 11.9 Å². The van der Waals surface area contributed by atoms with Gasteiger partial charge in [-0.3, -0.25) is 9.59 Å². The van der Waals surface area contributed by atoms with E-state index in [0.717, 1.165) is 19.3 Å². The van der Waals surface area contributed by atoms with Crippen molar-refractivity contribution < 1.29 is 28.9 Å².